The molecule has 0 aromatic heterocycles. The smallest absolute Gasteiger partial charge is 0.384 e. The van der Waals surface area contributed by atoms with Crippen molar-refractivity contribution in [3.63, 3.8) is 0 Å². The zero-order valence-corrected chi connectivity index (χ0v) is 9.38. The maximum atomic E-state index is 11.0. The first-order valence-corrected chi connectivity index (χ1v) is 5.28. The third-order valence-corrected chi connectivity index (χ3v) is 2.06. The summed E-state index contributed by atoms with van der Waals surface area (Å²) in [4.78, 5) is 11.0. The van der Waals surface area contributed by atoms with Crippen LogP contribution in [-0.4, -0.2) is 12.6 Å². The van der Waals surface area contributed by atoms with Crippen LogP contribution in [0, 0.1) is 11.8 Å². The number of hydrogen-bond donors (Lipinski definition) is 1. The van der Waals surface area contributed by atoms with Crippen molar-refractivity contribution in [2.45, 2.75) is 12.7 Å². The zero-order valence-electron chi connectivity index (χ0n) is 8.49. The van der Waals surface area contributed by atoms with Crippen LogP contribution < -0.4 is 0 Å². The van der Waals surface area contributed by atoms with E-state index in [1.165, 1.54) is 0 Å². The van der Waals surface area contributed by atoms with Gasteiger partial charge in [0.1, 0.15) is 0 Å². The van der Waals surface area contributed by atoms with E-state index in [1.54, 1.807) is 6.92 Å². The van der Waals surface area contributed by atoms with Gasteiger partial charge in [0.05, 0.1) is 6.61 Å². The molecule has 0 aliphatic rings. The van der Waals surface area contributed by atoms with Gasteiger partial charge in [0.25, 0.3) is 0 Å². The Kier molecular flexibility index (Phi) is 4.79. The predicted molar refractivity (Wildman–Crippen MR) is 62.6 cm³/mol. The van der Waals surface area contributed by atoms with E-state index in [1.807, 2.05) is 24.3 Å². The molecular formula is C12H12O2S. The van der Waals surface area contributed by atoms with Gasteiger partial charge in [-0.2, -0.15) is 12.6 Å². The number of esters is 1. The van der Waals surface area contributed by atoms with Gasteiger partial charge in [-0.05, 0) is 24.6 Å². The second-order valence-electron chi connectivity index (χ2n) is 2.83. The molecule has 0 radical (unpaired) electrons. The standard InChI is InChI=1S/C12H12O2S/c1-2-14-12(13)7-6-10-4-3-5-11(8-10)9-15/h3-5,8,15H,2,9H2,1H3. The quantitative estimate of drug-likeness (QED) is 0.469. The molecule has 0 saturated heterocycles. The molecule has 1 rings (SSSR count). The Balaban J connectivity index is 2.75. The Morgan fingerprint density at radius 1 is 1.53 bits per heavy atom. The van der Waals surface area contributed by atoms with E-state index in [0.29, 0.717) is 12.4 Å². The minimum atomic E-state index is -0.492. The summed E-state index contributed by atoms with van der Waals surface area (Å²) in [5.74, 6) is 5.33. The molecule has 0 unspecified atom stereocenters. The van der Waals surface area contributed by atoms with Crippen LogP contribution in [0.1, 0.15) is 18.1 Å². The van der Waals surface area contributed by atoms with Crippen LogP contribution in [0.2, 0.25) is 0 Å². The maximum Gasteiger partial charge on any atom is 0.384 e. The molecular weight excluding hydrogens is 208 g/mol. The molecule has 0 amide bonds. The van der Waals surface area contributed by atoms with Crippen LogP contribution >= 0.6 is 12.6 Å². The van der Waals surface area contributed by atoms with E-state index >= 15 is 0 Å². The molecule has 0 aliphatic heterocycles. The molecule has 1 aromatic rings. The number of thiol groups is 1. The van der Waals surface area contributed by atoms with Gasteiger partial charge in [0.15, 0.2) is 0 Å². The average molecular weight is 220 g/mol. The first-order valence-electron chi connectivity index (χ1n) is 4.65. The molecule has 1 aromatic carbocycles. The van der Waals surface area contributed by atoms with Gasteiger partial charge < -0.3 is 4.74 Å². The normalized spacial score (nSPS) is 8.93. The first kappa shape index (κ1) is 11.7. The molecule has 2 nitrogen and oxygen atoms in total. The molecule has 0 atom stereocenters. The molecule has 0 N–H and O–H groups in total. The Bertz CT molecular complexity index is 402. The van der Waals surface area contributed by atoms with Gasteiger partial charge in [0, 0.05) is 17.2 Å². The van der Waals surface area contributed by atoms with E-state index in [9.17, 15) is 4.79 Å². The van der Waals surface area contributed by atoms with Crippen LogP contribution in [0.15, 0.2) is 24.3 Å². The Labute approximate surface area is 95.1 Å². The molecule has 0 spiro atoms. The lowest BCUT2D eigenvalue weighted by Crippen LogP contribution is -1.99. The predicted octanol–water partition coefficient (Wildman–Crippen LogP) is 2.03. The van der Waals surface area contributed by atoms with E-state index in [4.69, 9.17) is 4.74 Å². The maximum absolute atomic E-state index is 11.0. The molecule has 0 aliphatic carbocycles. The summed E-state index contributed by atoms with van der Waals surface area (Å²) < 4.78 is 4.69. The molecule has 3 heteroatoms. The highest BCUT2D eigenvalue weighted by molar-refractivity contribution is 7.79. The largest absolute Gasteiger partial charge is 0.456 e. The summed E-state index contributed by atoms with van der Waals surface area (Å²) in [6, 6.07) is 7.60. The fourth-order valence-corrected chi connectivity index (χ4v) is 1.23. The highest BCUT2D eigenvalue weighted by Crippen LogP contribution is 2.06. The minimum Gasteiger partial charge on any atom is -0.456 e. The van der Waals surface area contributed by atoms with Crippen LogP contribution in [0.4, 0.5) is 0 Å². The Hall–Kier alpha value is -1.40. The second kappa shape index (κ2) is 6.15. The first-order chi connectivity index (χ1) is 7.26. The van der Waals surface area contributed by atoms with Gasteiger partial charge in [-0.25, -0.2) is 4.79 Å². The van der Waals surface area contributed by atoms with Crippen molar-refractivity contribution in [2.24, 2.45) is 0 Å². The van der Waals surface area contributed by atoms with Crippen molar-refractivity contribution in [3.05, 3.63) is 35.4 Å². The van der Waals surface area contributed by atoms with Crippen LogP contribution in [-0.2, 0) is 15.3 Å². The third-order valence-electron chi connectivity index (χ3n) is 1.69. The molecule has 0 saturated carbocycles. The summed E-state index contributed by atoms with van der Waals surface area (Å²) in [6.45, 7) is 2.10. The highest BCUT2D eigenvalue weighted by Gasteiger charge is 1.94. The fraction of sp³-hybridized carbons (Fsp3) is 0.250. The van der Waals surface area contributed by atoms with E-state index < -0.39 is 5.97 Å². The topological polar surface area (TPSA) is 26.3 Å². The number of benzene rings is 1. The van der Waals surface area contributed by atoms with Gasteiger partial charge in [-0.3, -0.25) is 0 Å². The molecule has 0 bridgehead atoms. The Morgan fingerprint density at radius 2 is 2.33 bits per heavy atom. The van der Waals surface area contributed by atoms with Crippen LogP contribution in [0.5, 0.6) is 0 Å². The van der Waals surface area contributed by atoms with Gasteiger partial charge >= 0.3 is 5.97 Å². The van der Waals surface area contributed by atoms with Crippen molar-refractivity contribution >= 4 is 18.6 Å². The summed E-state index contributed by atoms with van der Waals surface area (Å²) in [7, 11) is 0. The molecule has 0 fully saturated rings. The SMILES string of the molecule is CCOC(=O)C#Cc1cccc(CS)c1. The van der Waals surface area contributed by atoms with Crippen LogP contribution in [0.25, 0.3) is 0 Å². The van der Waals surface area contributed by atoms with Crippen molar-refractivity contribution in [3.8, 4) is 11.8 Å². The summed E-state index contributed by atoms with van der Waals surface area (Å²) >= 11 is 4.16. The monoisotopic (exact) mass is 220 g/mol. The molecule has 0 heterocycles. The van der Waals surface area contributed by atoms with Crippen LogP contribution in [0.3, 0.4) is 0 Å². The van der Waals surface area contributed by atoms with E-state index in [0.717, 1.165) is 11.1 Å². The number of carbonyl (C=O) groups is 1. The number of rotatable bonds is 2. The second-order valence-corrected chi connectivity index (χ2v) is 3.15. The van der Waals surface area contributed by atoms with Gasteiger partial charge in [-0.15, -0.1) is 0 Å². The number of ether oxygens (including phenoxy) is 1. The minimum absolute atomic E-state index is 0.351. The van der Waals surface area contributed by atoms with Gasteiger partial charge in [-0.1, -0.05) is 18.1 Å². The third kappa shape index (κ3) is 4.09. The number of carbonyl (C=O) groups excluding carboxylic acids is 1. The van der Waals surface area contributed by atoms with E-state index in [-0.39, 0.29) is 0 Å². The van der Waals surface area contributed by atoms with Crippen molar-refractivity contribution < 1.29 is 9.53 Å². The Morgan fingerprint density at radius 3 is 3.00 bits per heavy atom. The summed E-state index contributed by atoms with van der Waals surface area (Å²) in [6.07, 6.45) is 0. The van der Waals surface area contributed by atoms with E-state index in [2.05, 4.69) is 24.5 Å². The fourth-order valence-electron chi connectivity index (χ4n) is 1.04. The average Bonchev–Trinajstić information content (AvgIpc) is 2.27. The number of hydrogen-bond acceptors (Lipinski definition) is 3. The zero-order chi connectivity index (χ0) is 11.1. The van der Waals surface area contributed by atoms with Crippen molar-refractivity contribution in [1.29, 1.82) is 0 Å². The van der Waals surface area contributed by atoms with Crippen molar-refractivity contribution in [1.82, 2.24) is 0 Å². The van der Waals surface area contributed by atoms with Gasteiger partial charge in [0.2, 0.25) is 0 Å². The summed E-state index contributed by atoms with van der Waals surface area (Å²) in [5, 5.41) is 0. The lowest BCUT2D eigenvalue weighted by atomic mass is 10.1. The molecule has 78 valence electrons. The summed E-state index contributed by atoms with van der Waals surface area (Å²) in [5.41, 5.74) is 1.88. The lowest BCUT2D eigenvalue weighted by molar-refractivity contribution is -0.136. The highest BCUT2D eigenvalue weighted by atomic mass is 32.1. The lowest BCUT2D eigenvalue weighted by Gasteiger charge is -1.95. The molecule has 15 heavy (non-hydrogen) atoms. The van der Waals surface area contributed by atoms with Crippen molar-refractivity contribution in [2.75, 3.05) is 6.61 Å².